The number of carbonyl (C=O) groups is 10. The molecule has 0 unspecified atom stereocenters. The van der Waals surface area contributed by atoms with Crippen molar-refractivity contribution in [1.29, 1.82) is 0 Å². The van der Waals surface area contributed by atoms with Crippen molar-refractivity contribution in [2.24, 2.45) is 17.6 Å². The van der Waals surface area contributed by atoms with E-state index in [1.807, 2.05) is 0 Å². The second-order valence-corrected chi connectivity index (χ2v) is 14.8. The van der Waals surface area contributed by atoms with Crippen LogP contribution in [0.25, 0.3) is 0 Å². The number of aliphatic hydroxyl groups excluding tert-OH is 4. The van der Waals surface area contributed by atoms with Crippen molar-refractivity contribution in [2.75, 3.05) is 32.9 Å². The van der Waals surface area contributed by atoms with Crippen LogP contribution in [0.4, 0.5) is 0 Å². The molecule has 0 aromatic heterocycles. The standard InChI is InChI=1S/C35H59N9O16/c1-15(2)25(36)32(56)43-27(17(5)48)33(57)40-20(13-46)29(53)41-21(14-47)34(58)44-10-6-7-22(44)31(55)39-18(8-9-24(50)51)28(52)37-11-23(49)38-19(12-45)30(54)42-26(16(3)4)35(59)60/h15-22,25-27,45-48H,6-14,36H2,1-5H3,(H,37,52)(H,38,49)(H,39,55)(H,40,57)(H,41,53)(H,42,54)(H,43,56)(H,50,51)(H,59,60)/t17-,18+,19+,20+,21+,22+,25+,26+,27+/m1/s1. The van der Waals surface area contributed by atoms with Crippen molar-refractivity contribution in [1.82, 2.24) is 42.1 Å². The zero-order valence-corrected chi connectivity index (χ0v) is 34.0. The Morgan fingerprint density at radius 3 is 1.68 bits per heavy atom. The first-order valence-electron chi connectivity index (χ1n) is 19.1. The SMILES string of the molecule is CC(C)[C@H](N)C(=O)N[C@H](C(=O)N[C@@H](CO)C(=O)N[C@@H](CO)C(=O)N1CCC[C@H]1C(=O)N[C@@H](CCC(=O)O)C(=O)NCC(=O)N[C@@H](CO)C(=O)N[C@H](C(=O)O)C(C)C)[C@@H](C)O. The highest BCUT2D eigenvalue weighted by atomic mass is 16.4. The zero-order valence-electron chi connectivity index (χ0n) is 34.0. The third-order valence-corrected chi connectivity index (χ3v) is 9.30. The van der Waals surface area contributed by atoms with Crippen LogP contribution >= 0.6 is 0 Å². The number of carboxylic acid groups (broad SMARTS) is 2. The normalized spacial score (nSPS) is 17.7. The quantitative estimate of drug-likeness (QED) is 0.0405. The Bertz CT molecular complexity index is 1560. The van der Waals surface area contributed by atoms with E-state index in [9.17, 15) is 78.6 Å². The Labute approximate surface area is 344 Å². The molecule has 0 bridgehead atoms. The molecule has 1 aliphatic heterocycles. The molecule has 1 heterocycles. The summed E-state index contributed by atoms with van der Waals surface area (Å²) < 4.78 is 0. The lowest BCUT2D eigenvalue weighted by Crippen LogP contribution is -2.62. The molecule has 1 aliphatic rings. The largest absolute Gasteiger partial charge is 0.481 e. The summed E-state index contributed by atoms with van der Waals surface area (Å²) in [6.45, 7) is 3.59. The Kier molecular flexibility index (Phi) is 22.1. The fourth-order valence-corrected chi connectivity index (χ4v) is 5.68. The van der Waals surface area contributed by atoms with Crippen molar-refractivity contribution in [3.8, 4) is 0 Å². The van der Waals surface area contributed by atoms with E-state index in [0.29, 0.717) is 0 Å². The first kappa shape index (κ1) is 52.5. The Morgan fingerprint density at radius 1 is 0.650 bits per heavy atom. The molecular weight excluding hydrogens is 802 g/mol. The fraction of sp³-hybridized carbons (Fsp3) is 0.714. The number of hydrogen-bond acceptors (Lipinski definition) is 15. The van der Waals surface area contributed by atoms with E-state index in [1.54, 1.807) is 13.8 Å². The number of likely N-dealkylation sites (tertiary alicyclic amines) is 1. The average molecular weight is 862 g/mol. The third-order valence-electron chi connectivity index (χ3n) is 9.30. The van der Waals surface area contributed by atoms with Crippen LogP contribution in [0, 0.1) is 11.8 Å². The first-order chi connectivity index (χ1) is 28.0. The highest BCUT2D eigenvalue weighted by molar-refractivity contribution is 5.98. The van der Waals surface area contributed by atoms with Crippen LogP contribution in [0.3, 0.4) is 0 Å². The van der Waals surface area contributed by atoms with E-state index in [-0.39, 0.29) is 25.3 Å². The van der Waals surface area contributed by atoms with Gasteiger partial charge in [0.1, 0.15) is 42.3 Å². The maximum atomic E-state index is 13.5. The van der Waals surface area contributed by atoms with Gasteiger partial charge < -0.3 is 78.5 Å². The van der Waals surface area contributed by atoms with Crippen molar-refractivity contribution in [2.45, 2.75) is 115 Å². The molecule has 340 valence electrons. The summed E-state index contributed by atoms with van der Waals surface area (Å²) in [7, 11) is 0. The fourth-order valence-electron chi connectivity index (χ4n) is 5.68. The second kappa shape index (κ2) is 25.2. The summed E-state index contributed by atoms with van der Waals surface area (Å²) in [6, 6.07) is -12.0. The van der Waals surface area contributed by atoms with Gasteiger partial charge in [-0.3, -0.25) is 43.2 Å². The van der Waals surface area contributed by atoms with Crippen molar-refractivity contribution in [3.05, 3.63) is 0 Å². The van der Waals surface area contributed by atoms with Gasteiger partial charge in [-0.2, -0.15) is 0 Å². The number of nitrogens with two attached hydrogens (primary N) is 1. The number of carboxylic acids is 2. The van der Waals surface area contributed by atoms with Gasteiger partial charge in [0.25, 0.3) is 0 Å². The maximum Gasteiger partial charge on any atom is 0.326 e. The van der Waals surface area contributed by atoms with Crippen molar-refractivity contribution in [3.63, 3.8) is 0 Å². The number of nitrogens with zero attached hydrogens (tertiary/aromatic N) is 1. The van der Waals surface area contributed by atoms with Gasteiger partial charge in [0.05, 0.1) is 38.5 Å². The number of aliphatic hydroxyl groups is 4. The van der Waals surface area contributed by atoms with E-state index >= 15 is 0 Å². The van der Waals surface area contributed by atoms with E-state index in [1.165, 1.54) is 20.8 Å². The summed E-state index contributed by atoms with van der Waals surface area (Å²) in [5, 5.41) is 73.6. The number of hydrogen-bond donors (Lipinski definition) is 14. The molecule has 8 amide bonds. The summed E-state index contributed by atoms with van der Waals surface area (Å²) in [5.41, 5.74) is 5.80. The molecule has 9 atom stereocenters. The number of nitrogens with one attached hydrogen (secondary N) is 7. The van der Waals surface area contributed by atoms with Crippen molar-refractivity contribution >= 4 is 59.2 Å². The summed E-state index contributed by atoms with van der Waals surface area (Å²) >= 11 is 0. The number of carbonyl (C=O) groups excluding carboxylic acids is 8. The van der Waals surface area contributed by atoms with Gasteiger partial charge in [0, 0.05) is 13.0 Å². The average Bonchev–Trinajstić information content (AvgIpc) is 3.68. The highest BCUT2D eigenvalue weighted by Crippen LogP contribution is 2.19. The van der Waals surface area contributed by atoms with Gasteiger partial charge in [-0.05, 0) is 38.0 Å². The summed E-state index contributed by atoms with van der Waals surface area (Å²) in [5.74, 6) is -11.7. The lowest BCUT2D eigenvalue weighted by molar-refractivity contribution is -0.144. The monoisotopic (exact) mass is 861 g/mol. The molecule has 0 aliphatic carbocycles. The second-order valence-electron chi connectivity index (χ2n) is 14.8. The van der Waals surface area contributed by atoms with Crippen LogP contribution in [-0.4, -0.2) is 182 Å². The van der Waals surface area contributed by atoms with Gasteiger partial charge in [0.15, 0.2) is 0 Å². The highest BCUT2D eigenvalue weighted by Gasteiger charge is 2.40. The predicted octanol–water partition coefficient (Wildman–Crippen LogP) is -7.05. The molecule has 60 heavy (non-hydrogen) atoms. The molecule has 1 saturated heterocycles. The lowest BCUT2D eigenvalue weighted by Gasteiger charge is -2.30. The van der Waals surface area contributed by atoms with E-state index < -0.39 is 159 Å². The zero-order chi connectivity index (χ0) is 46.0. The van der Waals surface area contributed by atoms with Crippen LogP contribution in [0.5, 0.6) is 0 Å². The molecule has 0 aromatic carbocycles. The van der Waals surface area contributed by atoms with Gasteiger partial charge in [0.2, 0.25) is 47.3 Å². The summed E-state index contributed by atoms with van der Waals surface area (Å²) in [6.07, 6.45) is -2.36. The smallest absolute Gasteiger partial charge is 0.326 e. The summed E-state index contributed by atoms with van der Waals surface area (Å²) in [4.78, 5) is 127. The minimum Gasteiger partial charge on any atom is -0.481 e. The molecule has 0 radical (unpaired) electrons. The van der Waals surface area contributed by atoms with E-state index in [0.717, 1.165) is 4.90 Å². The number of rotatable bonds is 25. The predicted molar refractivity (Wildman–Crippen MR) is 204 cm³/mol. The lowest BCUT2D eigenvalue weighted by atomic mass is 10.0. The molecule has 0 saturated carbocycles. The Hall–Kier alpha value is -5.50. The van der Waals surface area contributed by atoms with E-state index in [4.69, 9.17) is 5.73 Å². The van der Waals surface area contributed by atoms with Gasteiger partial charge >= 0.3 is 11.9 Å². The van der Waals surface area contributed by atoms with Crippen molar-refractivity contribution < 1.29 is 78.6 Å². The molecular formula is C35H59N9O16. The van der Waals surface area contributed by atoms with Gasteiger partial charge in [-0.1, -0.05) is 27.7 Å². The maximum absolute atomic E-state index is 13.5. The molecule has 25 nitrogen and oxygen atoms in total. The molecule has 0 spiro atoms. The molecule has 25 heteroatoms. The number of amides is 8. The van der Waals surface area contributed by atoms with Gasteiger partial charge in [-0.15, -0.1) is 0 Å². The third kappa shape index (κ3) is 16.3. The topological polar surface area (TPSA) is 406 Å². The minimum absolute atomic E-state index is 0.0196. The molecule has 1 fully saturated rings. The number of aliphatic carboxylic acids is 2. The van der Waals surface area contributed by atoms with Crippen LogP contribution in [0.15, 0.2) is 0 Å². The molecule has 0 aromatic rings. The van der Waals surface area contributed by atoms with Crippen LogP contribution < -0.4 is 43.0 Å². The first-order valence-corrected chi connectivity index (χ1v) is 19.1. The molecule has 1 rings (SSSR count). The van der Waals surface area contributed by atoms with Crippen LogP contribution in [-0.2, 0) is 47.9 Å². The van der Waals surface area contributed by atoms with Crippen LogP contribution in [0.1, 0.15) is 60.3 Å². The minimum atomic E-state index is -1.76. The van der Waals surface area contributed by atoms with Crippen LogP contribution in [0.2, 0.25) is 0 Å². The Morgan fingerprint density at radius 2 is 1.18 bits per heavy atom. The van der Waals surface area contributed by atoms with Gasteiger partial charge in [-0.25, -0.2) is 4.79 Å². The molecule has 15 N–H and O–H groups in total. The van der Waals surface area contributed by atoms with E-state index in [2.05, 4.69) is 37.2 Å². The Balaban J connectivity index is 3.03.